The van der Waals surface area contributed by atoms with E-state index in [2.05, 4.69) is 31.4 Å². The SMILES string of the molecule is CCOc1ccccc1NC(=O)c1c(NC(=O)c2ccco2)sc2c1CC[C@H](C(C)(C)C)C2. The van der Waals surface area contributed by atoms with Crippen molar-refractivity contribution in [1.82, 2.24) is 0 Å². The maximum absolute atomic E-state index is 13.5. The maximum atomic E-state index is 13.5. The number of amides is 2. The van der Waals surface area contributed by atoms with Crippen LogP contribution in [0.5, 0.6) is 5.75 Å². The highest BCUT2D eigenvalue weighted by molar-refractivity contribution is 7.17. The van der Waals surface area contributed by atoms with Crippen molar-refractivity contribution in [2.24, 2.45) is 11.3 Å². The van der Waals surface area contributed by atoms with Gasteiger partial charge in [-0.1, -0.05) is 32.9 Å². The molecule has 2 amide bonds. The quantitative estimate of drug-likeness (QED) is 0.441. The molecular formula is C26H30N2O4S. The summed E-state index contributed by atoms with van der Waals surface area (Å²) in [5, 5.41) is 6.49. The predicted octanol–water partition coefficient (Wildman–Crippen LogP) is 6.40. The molecule has 4 rings (SSSR count). The minimum atomic E-state index is -0.366. The largest absolute Gasteiger partial charge is 0.492 e. The third-order valence-corrected chi connectivity index (χ3v) is 7.29. The van der Waals surface area contributed by atoms with Crippen LogP contribution in [0, 0.1) is 11.3 Å². The van der Waals surface area contributed by atoms with Crippen molar-refractivity contribution in [2.75, 3.05) is 17.2 Å². The zero-order chi connectivity index (χ0) is 23.6. The van der Waals surface area contributed by atoms with Gasteiger partial charge in [-0.15, -0.1) is 11.3 Å². The number of fused-ring (bicyclic) bond motifs is 1. The minimum absolute atomic E-state index is 0.179. The molecule has 2 N–H and O–H groups in total. The molecule has 1 aromatic carbocycles. The highest BCUT2D eigenvalue weighted by Crippen LogP contribution is 2.44. The van der Waals surface area contributed by atoms with Crippen molar-refractivity contribution in [1.29, 1.82) is 0 Å². The molecule has 0 saturated carbocycles. The van der Waals surface area contributed by atoms with Crippen LogP contribution in [0.3, 0.4) is 0 Å². The number of hydrogen-bond acceptors (Lipinski definition) is 5. The molecule has 0 aliphatic heterocycles. The van der Waals surface area contributed by atoms with E-state index in [1.54, 1.807) is 12.1 Å². The number of ether oxygens (including phenoxy) is 1. The monoisotopic (exact) mass is 466 g/mol. The fraction of sp³-hybridized carbons (Fsp3) is 0.385. The van der Waals surface area contributed by atoms with Crippen LogP contribution in [0.15, 0.2) is 47.1 Å². The fourth-order valence-electron chi connectivity index (χ4n) is 4.26. The lowest BCUT2D eigenvalue weighted by molar-refractivity contribution is 0.0997. The van der Waals surface area contributed by atoms with Gasteiger partial charge in [-0.05, 0) is 67.3 Å². The third-order valence-electron chi connectivity index (χ3n) is 6.12. The van der Waals surface area contributed by atoms with E-state index in [1.807, 2.05) is 31.2 Å². The topological polar surface area (TPSA) is 80.6 Å². The first-order valence-corrected chi connectivity index (χ1v) is 12.1. The van der Waals surface area contributed by atoms with Crippen molar-refractivity contribution in [2.45, 2.75) is 47.0 Å². The Morgan fingerprint density at radius 3 is 2.61 bits per heavy atom. The molecule has 1 aliphatic rings. The van der Waals surface area contributed by atoms with Gasteiger partial charge in [-0.25, -0.2) is 0 Å². The standard InChI is InChI=1S/C26H30N2O4S/c1-5-31-19-10-7-6-9-18(19)27-24(30)22-17-13-12-16(26(2,3)4)15-21(17)33-25(22)28-23(29)20-11-8-14-32-20/h6-11,14,16H,5,12-13,15H2,1-4H3,(H,27,30)(H,28,29)/t16-/m0/s1. The van der Waals surface area contributed by atoms with Gasteiger partial charge in [0.05, 0.1) is 24.1 Å². The van der Waals surface area contributed by atoms with Crippen molar-refractivity contribution in [3.8, 4) is 5.75 Å². The second-order valence-electron chi connectivity index (χ2n) is 9.33. The first-order valence-electron chi connectivity index (χ1n) is 11.3. The number of carbonyl (C=O) groups excluding carboxylic acids is 2. The van der Waals surface area contributed by atoms with E-state index in [9.17, 15) is 9.59 Å². The normalized spacial score (nSPS) is 15.6. The summed E-state index contributed by atoms with van der Waals surface area (Å²) in [5.41, 5.74) is 2.35. The Hall–Kier alpha value is -3.06. The lowest BCUT2D eigenvalue weighted by Gasteiger charge is -2.33. The minimum Gasteiger partial charge on any atom is -0.492 e. The van der Waals surface area contributed by atoms with E-state index >= 15 is 0 Å². The summed E-state index contributed by atoms with van der Waals surface area (Å²) in [6, 6.07) is 10.6. The highest BCUT2D eigenvalue weighted by Gasteiger charge is 2.34. The second kappa shape index (κ2) is 9.43. The van der Waals surface area contributed by atoms with Gasteiger partial charge in [-0.2, -0.15) is 0 Å². The lowest BCUT2D eigenvalue weighted by atomic mass is 9.72. The van der Waals surface area contributed by atoms with Gasteiger partial charge in [0.1, 0.15) is 10.8 Å². The highest BCUT2D eigenvalue weighted by atomic mass is 32.1. The van der Waals surface area contributed by atoms with E-state index in [1.165, 1.54) is 22.5 Å². The van der Waals surface area contributed by atoms with Crippen LogP contribution in [-0.4, -0.2) is 18.4 Å². The molecule has 0 unspecified atom stereocenters. The van der Waals surface area contributed by atoms with E-state index in [-0.39, 0.29) is 23.0 Å². The molecule has 1 aliphatic carbocycles. The Morgan fingerprint density at radius 2 is 1.91 bits per heavy atom. The molecule has 7 heteroatoms. The van der Waals surface area contributed by atoms with Crippen molar-refractivity contribution < 1.29 is 18.7 Å². The van der Waals surface area contributed by atoms with Crippen LogP contribution in [-0.2, 0) is 12.8 Å². The van der Waals surface area contributed by atoms with Crippen LogP contribution in [0.25, 0.3) is 0 Å². The number of hydrogen-bond donors (Lipinski definition) is 2. The molecule has 0 bridgehead atoms. The Balaban J connectivity index is 1.69. The summed E-state index contributed by atoms with van der Waals surface area (Å²) >= 11 is 1.50. The molecular weight excluding hydrogens is 436 g/mol. The smallest absolute Gasteiger partial charge is 0.291 e. The molecule has 0 fully saturated rings. The van der Waals surface area contributed by atoms with Crippen LogP contribution >= 0.6 is 11.3 Å². The van der Waals surface area contributed by atoms with Gasteiger partial charge >= 0.3 is 0 Å². The molecule has 174 valence electrons. The van der Waals surface area contributed by atoms with Crippen molar-refractivity contribution >= 4 is 33.8 Å². The first-order chi connectivity index (χ1) is 15.8. The Labute approximate surface area is 198 Å². The summed E-state index contributed by atoms with van der Waals surface area (Å²) in [6.45, 7) is 9.18. The zero-order valence-electron chi connectivity index (χ0n) is 19.5. The summed E-state index contributed by atoms with van der Waals surface area (Å²) < 4.78 is 10.9. The Morgan fingerprint density at radius 1 is 1.12 bits per heavy atom. The average Bonchev–Trinajstić information content (AvgIpc) is 3.42. The molecule has 0 spiro atoms. The lowest BCUT2D eigenvalue weighted by Crippen LogP contribution is -2.27. The Bertz CT molecular complexity index is 1140. The molecule has 1 atom stereocenters. The van der Waals surface area contributed by atoms with Crippen LogP contribution in [0.2, 0.25) is 0 Å². The van der Waals surface area contributed by atoms with Gasteiger partial charge in [0.2, 0.25) is 0 Å². The van der Waals surface area contributed by atoms with Crippen molar-refractivity contribution in [3.63, 3.8) is 0 Å². The molecule has 2 aromatic heterocycles. The first kappa shape index (κ1) is 23.1. The third kappa shape index (κ3) is 4.98. The molecule has 33 heavy (non-hydrogen) atoms. The number of carbonyl (C=O) groups is 2. The average molecular weight is 467 g/mol. The van der Waals surface area contributed by atoms with Gasteiger partial charge in [-0.3, -0.25) is 9.59 Å². The summed E-state index contributed by atoms with van der Waals surface area (Å²) in [7, 11) is 0. The summed E-state index contributed by atoms with van der Waals surface area (Å²) in [5.74, 6) is 0.735. The molecule has 0 radical (unpaired) electrons. The molecule has 6 nitrogen and oxygen atoms in total. The van der Waals surface area contributed by atoms with E-state index in [0.29, 0.717) is 34.5 Å². The van der Waals surface area contributed by atoms with Gasteiger partial charge in [0, 0.05) is 4.88 Å². The maximum Gasteiger partial charge on any atom is 0.291 e. The number of nitrogens with one attached hydrogen (secondary N) is 2. The Kier molecular flexibility index (Phi) is 6.61. The van der Waals surface area contributed by atoms with Gasteiger partial charge in [0.25, 0.3) is 11.8 Å². The van der Waals surface area contributed by atoms with Crippen molar-refractivity contribution in [3.05, 3.63) is 64.4 Å². The predicted molar refractivity (Wildman–Crippen MR) is 132 cm³/mol. The van der Waals surface area contributed by atoms with Crippen LogP contribution in [0.1, 0.15) is 65.5 Å². The number of rotatable bonds is 6. The molecule has 2 heterocycles. The molecule has 0 saturated heterocycles. The summed E-state index contributed by atoms with van der Waals surface area (Å²) in [6.07, 6.45) is 4.17. The number of anilines is 2. The van der Waals surface area contributed by atoms with Gasteiger partial charge in [0.15, 0.2) is 5.76 Å². The number of para-hydroxylation sites is 2. The van der Waals surface area contributed by atoms with Gasteiger partial charge < -0.3 is 19.8 Å². The van der Waals surface area contributed by atoms with E-state index in [0.717, 1.165) is 24.8 Å². The zero-order valence-corrected chi connectivity index (χ0v) is 20.3. The van der Waals surface area contributed by atoms with Crippen LogP contribution < -0.4 is 15.4 Å². The number of thiophene rings is 1. The second-order valence-corrected chi connectivity index (χ2v) is 10.4. The molecule has 3 aromatic rings. The summed E-state index contributed by atoms with van der Waals surface area (Å²) in [4.78, 5) is 27.4. The fourth-order valence-corrected chi connectivity index (χ4v) is 5.58. The van der Waals surface area contributed by atoms with E-state index in [4.69, 9.17) is 9.15 Å². The number of furan rings is 1. The number of benzene rings is 1. The van der Waals surface area contributed by atoms with E-state index < -0.39 is 0 Å². The van der Waals surface area contributed by atoms with Crippen LogP contribution in [0.4, 0.5) is 10.7 Å².